The van der Waals surface area contributed by atoms with Crippen LogP contribution in [0.2, 0.25) is 23.2 Å². The third-order valence-electron chi connectivity index (χ3n) is 6.18. The number of oxime groups is 1. The fraction of sp³-hybridized carbons (Fsp3) is 0.417. The number of nitrogens with one attached hydrogen (secondary N) is 2. The van der Waals surface area contributed by atoms with Gasteiger partial charge in [0.25, 0.3) is 0 Å². The van der Waals surface area contributed by atoms with Crippen molar-refractivity contribution in [3.05, 3.63) is 58.1 Å². The highest BCUT2D eigenvalue weighted by Gasteiger charge is 2.41. The molecule has 3 aromatic rings. The van der Waals surface area contributed by atoms with Gasteiger partial charge in [0, 0.05) is 17.7 Å². The van der Waals surface area contributed by atoms with Crippen LogP contribution in [0.15, 0.2) is 29.4 Å². The number of H-pyrrole nitrogens is 1. The molecule has 190 valence electrons. The molecule has 0 aliphatic heterocycles. The van der Waals surface area contributed by atoms with Gasteiger partial charge < -0.3 is 19.9 Å². The highest BCUT2D eigenvalue weighted by Crippen LogP contribution is 2.39. The highest BCUT2D eigenvalue weighted by atomic mass is 35.5. The van der Waals surface area contributed by atoms with Crippen LogP contribution in [0.1, 0.15) is 46.0 Å². The number of halogens is 4. The van der Waals surface area contributed by atoms with Gasteiger partial charge in [0.1, 0.15) is 17.2 Å². The minimum absolute atomic E-state index is 0.0119. The van der Waals surface area contributed by atoms with Gasteiger partial charge in [-0.05, 0) is 56.2 Å². The summed E-state index contributed by atoms with van der Waals surface area (Å²) in [6, 6.07) is 4.66. The van der Waals surface area contributed by atoms with Gasteiger partial charge in [0.15, 0.2) is 25.8 Å². The van der Waals surface area contributed by atoms with Crippen molar-refractivity contribution >= 4 is 42.5 Å². The van der Waals surface area contributed by atoms with E-state index in [0.29, 0.717) is 12.2 Å². The van der Waals surface area contributed by atoms with Gasteiger partial charge in [-0.2, -0.15) is 0 Å². The molecule has 11 heteroatoms. The van der Waals surface area contributed by atoms with Crippen molar-refractivity contribution in [2.75, 3.05) is 5.32 Å². The first kappa shape index (κ1) is 27.0. The molecule has 1 aromatic heterocycles. The number of rotatable bonds is 6. The van der Waals surface area contributed by atoms with E-state index in [-0.39, 0.29) is 38.2 Å². The Bertz CT molecular complexity index is 1290. The Morgan fingerprint density at radius 2 is 1.80 bits per heavy atom. The Morgan fingerprint density at radius 3 is 2.37 bits per heavy atom. The topological polar surface area (TPSA) is 82.5 Å². The molecule has 35 heavy (non-hydrogen) atoms. The second-order valence-corrected chi connectivity index (χ2v) is 15.8. The molecule has 3 N–H and O–H groups in total. The van der Waals surface area contributed by atoms with Crippen LogP contribution < -0.4 is 5.32 Å². The predicted molar refractivity (Wildman–Crippen MR) is 135 cm³/mol. The number of hydrogen-bond acceptors (Lipinski definition) is 4. The van der Waals surface area contributed by atoms with E-state index in [4.69, 9.17) is 16.0 Å². The zero-order valence-corrected chi connectivity index (χ0v) is 22.5. The largest absolute Gasteiger partial charge is 0.411 e. The summed E-state index contributed by atoms with van der Waals surface area (Å²) in [5, 5.41) is 15.4. The highest BCUT2D eigenvalue weighted by molar-refractivity contribution is 6.74. The lowest BCUT2D eigenvalue weighted by Crippen LogP contribution is -2.48. The van der Waals surface area contributed by atoms with Crippen LogP contribution >= 0.6 is 11.6 Å². The maximum atomic E-state index is 14.7. The lowest BCUT2D eigenvalue weighted by molar-refractivity contribution is 0.0902. The van der Waals surface area contributed by atoms with E-state index in [1.165, 1.54) is 12.1 Å². The Morgan fingerprint density at radius 1 is 1.14 bits per heavy atom. The molecule has 0 unspecified atom stereocenters. The zero-order chi connectivity index (χ0) is 26.3. The lowest BCUT2D eigenvalue weighted by Gasteiger charge is -2.42. The number of nitrogens with zero attached hydrogens (tertiary/aromatic N) is 2. The summed E-state index contributed by atoms with van der Waals surface area (Å²) >= 11 is 5.81. The Hall–Kier alpha value is -2.56. The number of anilines is 1. The molecule has 0 radical (unpaired) electrons. The summed E-state index contributed by atoms with van der Waals surface area (Å²) in [4.78, 5) is 7.32. The van der Waals surface area contributed by atoms with E-state index >= 15 is 0 Å². The van der Waals surface area contributed by atoms with Crippen molar-refractivity contribution in [1.82, 2.24) is 9.97 Å². The molecule has 1 heterocycles. The molecule has 0 fully saturated rings. The van der Waals surface area contributed by atoms with Crippen molar-refractivity contribution in [3.8, 4) is 0 Å². The number of aromatic amines is 1. The van der Waals surface area contributed by atoms with Crippen molar-refractivity contribution in [2.24, 2.45) is 5.16 Å². The van der Waals surface area contributed by atoms with Crippen molar-refractivity contribution < 1.29 is 22.8 Å². The normalized spacial score (nSPS) is 13.5. The van der Waals surface area contributed by atoms with Gasteiger partial charge >= 0.3 is 0 Å². The van der Waals surface area contributed by atoms with E-state index < -0.39 is 31.4 Å². The molecule has 3 rings (SSSR count). The summed E-state index contributed by atoms with van der Waals surface area (Å²) in [6.45, 7) is 14.5. The third kappa shape index (κ3) is 5.82. The van der Waals surface area contributed by atoms with Crippen LogP contribution in [-0.4, -0.2) is 34.9 Å². The van der Waals surface area contributed by atoms with E-state index in [9.17, 15) is 18.4 Å². The monoisotopic (exact) mass is 526 g/mol. The van der Waals surface area contributed by atoms with Crippen LogP contribution in [0, 0.1) is 17.5 Å². The maximum absolute atomic E-state index is 14.7. The summed E-state index contributed by atoms with van der Waals surface area (Å²) in [5.41, 5.74) is -0.425. The average molecular weight is 527 g/mol. The van der Waals surface area contributed by atoms with Crippen LogP contribution in [0.4, 0.5) is 18.9 Å². The van der Waals surface area contributed by atoms with Crippen LogP contribution in [-0.2, 0) is 10.8 Å². The molecule has 0 amide bonds. The Balaban J connectivity index is 2.00. The number of hydrogen-bond donors (Lipinski definition) is 3. The lowest BCUT2D eigenvalue weighted by atomic mass is 10.1. The van der Waals surface area contributed by atoms with Gasteiger partial charge in [0.05, 0.1) is 16.1 Å². The predicted octanol–water partition coefficient (Wildman–Crippen LogP) is 7.22. The van der Waals surface area contributed by atoms with E-state index in [1.807, 2.05) is 13.8 Å². The molecule has 0 bridgehead atoms. The second-order valence-electron chi connectivity index (χ2n) is 10.6. The number of amidine groups is 1. The summed E-state index contributed by atoms with van der Waals surface area (Å²) in [5.74, 6) is -2.74. The van der Waals surface area contributed by atoms with Gasteiger partial charge in [-0.25, -0.2) is 18.2 Å². The van der Waals surface area contributed by atoms with Crippen molar-refractivity contribution in [2.45, 2.75) is 64.8 Å². The van der Waals surface area contributed by atoms with Crippen LogP contribution in [0.5, 0.6) is 0 Å². The molecule has 0 saturated carbocycles. The number of aromatic nitrogens is 2. The first-order chi connectivity index (χ1) is 16.0. The molecule has 0 atom stereocenters. The van der Waals surface area contributed by atoms with Gasteiger partial charge in [0.2, 0.25) is 0 Å². The maximum Gasteiger partial charge on any atom is 0.192 e. The fourth-order valence-corrected chi connectivity index (χ4v) is 5.50. The average Bonchev–Trinajstić information content (AvgIpc) is 3.13. The van der Waals surface area contributed by atoms with Crippen molar-refractivity contribution in [3.63, 3.8) is 0 Å². The second kappa shape index (κ2) is 9.48. The number of benzene rings is 2. The summed E-state index contributed by atoms with van der Waals surface area (Å²) < 4.78 is 49.2. The standard InChI is InChI=1S/C24H30ClF3N4O2Si/c1-23(2,3)35(6,7)34-24(4,5)12-18-30-20-14(11-17(27)19(28)21(20)31-18)22(32-33)29-13-8-9-16(26)15(25)10-13/h8-11,33H,12H2,1-7H3,(H,29,32)(H,30,31). The zero-order valence-electron chi connectivity index (χ0n) is 20.8. The molecule has 0 aliphatic carbocycles. The molecule has 6 nitrogen and oxygen atoms in total. The van der Waals surface area contributed by atoms with Gasteiger partial charge in [-0.3, -0.25) is 0 Å². The Kier molecular flexibility index (Phi) is 7.32. The molecule has 0 aliphatic rings. The first-order valence-corrected chi connectivity index (χ1v) is 14.3. The van der Waals surface area contributed by atoms with E-state index in [2.05, 4.69) is 54.3 Å². The number of fused-ring (bicyclic) bond motifs is 1. The molecular formula is C24H30ClF3N4O2Si. The van der Waals surface area contributed by atoms with Gasteiger partial charge in [-0.1, -0.05) is 37.5 Å². The van der Waals surface area contributed by atoms with Gasteiger partial charge in [-0.15, -0.1) is 0 Å². The Labute approximate surface area is 208 Å². The van der Waals surface area contributed by atoms with E-state index in [0.717, 1.165) is 12.1 Å². The summed E-state index contributed by atoms with van der Waals surface area (Å²) in [6.07, 6.45) is 0.307. The molecule has 0 saturated heterocycles. The third-order valence-corrected chi connectivity index (χ3v) is 11.1. The minimum Gasteiger partial charge on any atom is -0.411 e. The molecule has 2 aromatic carbocycles. The van der Waals surface area contributed by atoms with Crippen molar-refractivity contribution in [1.29, 1.82) is 0 Å². The van der Waals surface area contributed by atoms with Crippen LogP contribution in [0.3, 0.4) is 0 Å². The molecule has 0 spiro atoms. The van der Waals surface area contributed by atoms with Crippen LogP contribution in [0.25, 0.3) is 11.0 Å². The smallest absolute Gasteiger partial charge is 0.192 e. The SMILES string of the molecule is CC(C)(Cc1nc2c(F)c(F)cc(/C(=N/O)Nc3ccc(F)c(Cl)c3)c2[nH]1)O[Si](C)(C)C(C)(C)C. The first-order valence-electron chi connectivity index (χ1n) is 11.1. The summed E-state index contributed by atoms with van der Waals surface area (Å²) in [7, 11) is -2.12. The minimum atomic E-state index is -2.12. The fourth-order valence-electron chi connectivity index (χ4n) is 3.56. The number of imidazole rings is 1. The quantitative estimate of drug-likeness (QED) is 0.104. The molecular weight excluding hydrogens is 497 g/mol. The van der Waals surface area contributed by atoms with E-state index in [1.54, 1.807) is 0 Å².